The molecule has 36 heavy (non-hydrogen) atoms. The molecule has 0 spiro atoms. The lowest BCUT2D eigenvalue weighted by Gasteiger charge is -2.31. The first-order valence-electron chi connectivity index (χ1n) is 12.4. The number of likely N-dealkylation sites (tertiary alicyclic amines) is 1. The molecule has 2 saturated heterocycles. The van der Waals surface area contributed by atoms with E-state index in [0.717, 1.165) is 60.6 Å². The Morgan fingerprint density at radius 3 is 2.72 bits per heavy atom. The molecule has 2 aliphatic heterocycles. The summed E-state index contributed by atoms with van der Waals surface area (Å²) in [5.41, 5.74) is 3.52. The highest BCUT2D eigenvalue weighted by Crippen LogP contribution is 2.28. The highest BCUT2D eigenvalue weighted by Gasteiger charge is 2.28. The summed E-state index contributed by atoms with van der Waals surface area (Å²) in [5, 5.41) is 7.18. The predicted molar refractivity (Wildman–Crippen MR) is 136 cm³/mol. The maximum Gasteiger partial charge on any atom is 0.241 e. The summed E-state index contributed by atoms with van der Waals surface area (Å²) in [6.45, 7) is 4.74. The highest BCUT2D eigenvalue weighted by molar-refractivity contribution is 5.97. The number of hydrogen-bond donors (Lipinski definition) is 1. The molecule has 2 amide bonds. The van der Waals surface area contributed by atoms with Crippen molar-refractivity contribution in [3.8, 4) is 17.1 Å². The highest BCUT2D eigenvalue weighted by atomic mass is 16.5. The van der Waals surface area contributed by atoms with E-state index < -0.39 is 0 Å². The van der Waals surface area contributed by atoms with Gasteiger partial charge in [-0.1, -0.05) is 5.16 Å². The van der Waals surface area contributed by atoms with Crippen molar-refractivity contribution in [2.24, 2.45) is 5.92 Å². The van der Waals surface area contributed by atoms with Gasteiger partial charge in [0.05, 0.1) is 19.6 Å². The Balaban J connectivity index is 1.18. The number of benzene rings is 2. The molecule has 2 aliphatic rings. The second kappa shape index (κ2) is 10.5. The summed E-state index contributed by atoms with van der Waals surface area (Å²) in [6, 6.07) is 13.3. The summed E-state index contributed by atoms with van der Waals surface area (Å²) in [7, 11) is 1.63. The van der Waals surface area contributed by atoms with E-state index >= 15 is 0 Å². The Morgan fingerprint density at radius 2 is 2.00 bits per heavy atom. The van der Waals surface area contributed by atoms with Gasteiger partial charge in [-0.25, -0.2) is 0 Å². The van der Waals surface area contributed by atoms with Gasteiger partial charge in [-0.05, 0) is 80.8 Å². The van der Waals surface area contributed by atoms with Crippen LogP contribution < -0.4 is 15.0 Å². The fraction of sp³-hybridized carbons (Fsp3) is 0.407. The zero-order valence-electron chi connectivity index (χ0n) is 20.7. The van der Waals surface area contributed by atoms with Crippen LogP contribution in [-0.4, -0.2) is 53.6 Å². The van der Waals surface area contributed by atoms with Crippen molar-refractivity contribution in [3.05, 3.63) is 53.9 Å². The number of carbonyl (C=O) groups excluding carboxylic acids is 2. The number of anilines is 2. The van der Waals surface area contributed by atoms with E-state index in [1.54, 1.807) is 7.11 Å². The monoisotopic (exact) mass is 489 g/mol. The fourth-order valence-corrected chi connectivity index (χ4v) is 4.96. The van der Waals surface area contributed by atoms with E-state index in [-0.39, 0.29) is 17.7 Å². The number of piperidine rings is 1. The third-order valence-electron chi connectivity index (χ3n) is 6.88. The molecule has 1 atom stereocenters. The minimum Gasteiger partial charge on any atom is -0.497 e. The van der Waals surface area contributed by atoms with Gasteiger partial charge in [0.2, 0.25) is 23.5 Å². The standard InChI is InChI=1S/C27H31N5O4/c1-18-15-21(9-12-23(18)32-14-4-6-25(32)33)28-27(34)20-5-3-13-31(16-20)17-24-29-26(30-36-24)19-7-10-22(35-2)11-8-19/h7-12,15,20H,3-6,13-14,16-17H2,1-2H3,(H,28,34). The van der Waals surface area contributed by atoms with Crippen LogP contribution in [-0.2, 0) is 16.1 Å². The number of nitrogens with one attached hydrogen (secondary N) is 1. The van der Waals surface area contributed by atoms with E-state index in [1.807, 2.05) is 54.3 Å². The maximum absolute atomic E-state index is 13.0. The second-order valence-electron chi connectivity index (χ2n) is 9.45. The first-order chi connectivity index (χ1) is 17.5. The van der Waals surface area contributed by atoms with Crippen molar-refractivity contribution in [2.75, 3.05) is 37.0 Å². The van der Waals surface area contributed by atoms with Crippen LogP contribution in [0.3, 0.4) is 0 Å². The van der Waals surface area contributed by atoms with Crippen molar-refractivity contribution in [1.29, 1.82) is 0 Å². The normalized spacial score (nSPS) is 18.4. The summed E-state index contributed by atoms with van der Waals surface area (Å²) in [6.07, 6.45) is 3.25. The van der Waals surface area contributed by atoms with Crippen LogP contribution in [0.1, 0.15) is 37.1 Å². The van der Waals surface area contributed by atoms with Crippen LogP contribution in [0.15, 0.2) is 47.0 Å². The quantitative estimate of drug-likeness (QED) is 0.535. The molecule has 9 heteroatoms. The van der Waals surface area contributed by atoms with Crippen LogP contribution in [0.4, 0.5) is 11.4 Å². The largest absolute Gasteiger partial charge is 0.497 e. The number of rotatable bonds is 7. The van der Waals surface area contributed by atoms with Crippen molar-refractivity contribution < 1.29 is 18.8 Å². The first-order valence-corrected chi connectivity index (χ1v) is 12.4. The van der Waals surface area contributed by atoms with E-state index in [1.165, 1.54) is 0 Å². The third-order valence-corrected chi connectivity index (χ3v) is 6.88. The predicted octanol–water partition coefficient (Wildman–Crippen LogP) is 4.03. The van der Waals surface area contributed by atoms with Crippen LogP contribution in [0.5, 0.6) is 5.75 Å². The van der Waals surface area contributed by atoms with Gasteiger partial charge in [-0.3, -0.25) is 14.5 Å². The van der Waals surface area contributed by atoms with Gasteiger partial charge < -0.3 is 19.5 Å². The lowest BCUT2D eigenvalue weighted by Crippen LogP contribution is -2.40. The average Bonchev–Trinajstić information content (AvgIpc) is 3.53. The molecule has 1 N–H and O–H groups in total. The van der Waals surface area contributed by atoms with Gasteiger partial charge in [-0.2, -0.15) is 4.98 Å². The lowest BCUT2D eigenvalue weighted by atomic mass is 9.97. The maximum atomic E-state index is 13.0. The number of methoxy groups -OCH3 is 1. The van der Waals surface area contributed by atoms with Gasteiger partial charge in [-0.15, -0.1) is 0 Å². The van der Waals surface area contributed by atoms with Crippen LogP contribution in [0.2, 0.25) is 0 Å². The van der Waals surface area contributed by atoms with Gasteiger partial charge in [0.25, 0.3) is 0 Å². The third kappa shape index (κ3) is 5.26. The first kappa shape index (κ1) is 24.0. The number of carbonyl (C=O) groups is 2. The zero-order valence-corrected chi connectivity index (χ0v) is 20.7. The van der Waals surface area contributed by atoms with Crippen molar-refractivity contribution in [1.82, 2.24) is 15.0 Å². The molecule has 188 valence electrons. The minimum absolute atomic E-state index is 0.00792. The molecule has 0 bridgehead atoms. The summed E-state index contributed by atoms with van der Waals surface area (Å²) >= 11 is 0. The molecular formula is C27H31N5O4. The Kier molecular flexibility index (Phi) is 6.99. The SMILES string of the molecule is COc1ccc(-c2noc(CN3CCCC(C(=O)Nc4ccc(N5CCCC5=O)c(C)c4)C3)n2)cc1. The Bertz CT molecular complexity index is 1240. The second-order valence-corrected chi connectivity index (χ2v) is 9.45. The van der Waals surface area contributed by atoms with E-state index in [2.05, 4.69) is 20.4 Å². The molecule has 2 fully saturated rings. The van der Waals surface area contributed by atoms with Crippen LogP contribution in [0.25, 0.3) is 11.4 Å². The van der Waals surface area contributed by atoms with E-state index in [0.29, 0.717) is 31.2 Å². The zero-order chi connectivity index (χ0) is 25.1. The molecule has 0 aliphatic carbocycles. The van der Waals surface area contributed by atoms with E-state index in [4.69, 9.17) is 9.26 Å². The van der Waals surface area contributed by atoms with E-state index in [9.17, 15) is 9.59 Å². The van der Waals surface area contributed by atoms with Gasteiger partial charge >= 0.3 is 0 Å². The Morgan fingerprint density at radius 1 is 1.17 bits per heavy atom. The Labute approximate surface area is 210 Å². The molecule has 3 aromatic rings. The minimum atomic E-state index is -0.122. The number of aryl methyl sites for hydroxylation is 1. The van der Waals surface area contributed by atoms with Crippen molar-refractivity contribution in [3.63, 3.8) is 0 Å². The Hall–Kier alpha value is -3.72. The molecule has 2 aromatic carbocycles. The number of nitrogens with zero attached hydrogens (tertiary/aromatic N) is 4. The van der Waals surface area contributed by atoms with Crippen LogP contribution >= 0.6 is 0 Å². The summed E-state index contributed by atoms with van der Waals surface area (Å²) < 4.78 is 10.7. The lowest BCUT2D eigenvalue weighted by molar-refractivity contribution is -0.121. The number of aromatic nitrogens is 2. The number of hydrogen-bond acceptors (Lipinski definition) is 7. The number of ether oxygens (including phenoxy) is 1. The van der Waals surface area contributed by atoms with Gasteiger partial charge in [0.1, 0.15) is 5.75 Å². The molecule has 0 radical (unpaired) electrons. The molecule has 9 nitrogen and oxygen atoms in total. The topological polar surface area (TPSA) is 101 Å². The molecular weight excluding hydrogens is 458 g/mol. The van der Waals surface area contributed by atoms with Crippen molar-refractivity contribution >= 4 is 23.2 Å². The summed E-state index contributed by atoms with van der Waals surface area (Å²) in [4.78, 5) is 33.7. The molecule has 3 heterocycles. The van der Waals surface area contributed by atoms with Gasteiger partial charge in [0.15, 0.2) is 0 Å². The average molecular weight is 490 g/mol. The number of amides is 2. The van der Waals surface area contributed by atoms with Crippen molar-refractivity contribution in [2.45, 2.75) is 39.2 Å². The van der Waals surface area contributed by atoms with Gasteiger partial charge in [0, 0.05) is 36.4 Å². The fourth-order valence-electron chi connectivity index (χ4n) is 4.96. The molecule has 1 aromatic heterocycles. The molecule has 1 unspecified atom stereocenters. The molecule has 0 saturated carbocycles. The molecule has 5 rings (SSSR count). The van der Waals surface area contributed by atoms with Crippen LogP contribution in [0, 0.1) is 12.8 Å². The smallest absolute Gasteiger partial charge is 0.241 e. The summed E-state index contributed by atoms with van der Waals surface area (Å²) in [5.74, 6) is 1.89.